The Labute approximate surface area is 101 Å². The molecule has 0 aliphatic heterocycles. The minimum Gasteiger partial charge on any atom is -0.391 e. The number of aromatic nitrogens is 3. The highest BCUT2D eigenvalue weighted by Crippen LogP contribution is 2.29. The smallest absolute Gasteiger partial charge is 0.144 e. The molecule has 84 valence electrons. The highest BCUT2D eigenvalue weighted by atomic mass is 35.5. The van der Waals surface area contributed by atoms with Crippen LogP contribution in [0.5, 0.6) is 0 Å². The molecule has 0 saturated heterocycles. The van der Waals surface area contributed by atoms with Crippen molar-refractivity contribution in [2.45, 2.75) is 13.5 Å². The molecule has 2 aromatic heterocycles. The molecule has 0 amide bonds. The van der Waals surface area contributed by atoms with Crippen LogP contribution in [0.2, 0.25) is 5.15 Å². The lowest BCUT2D eigenvalue weighted by atomic mass is 10.4. The number of anilines is 1. The van der Waals surface area contributed by atoms with Gasteiger partial charge in [0.1, 0.15) is 27.5 Å². The van der Waals surface area contributed by atoms with Gasteiger partial charge in [0.2, 0.25) is 0 Å². The van der Waals surface area contributed by atoms with E-state index in [2.05, 4.69) is 15.0 Å². The van der Waals surface area contributed by atoms with E-state index >= 15 is 0 Å². The molecule has 0 aliphatic carbocycles. The summed E-state index contributed by atoms with van der Waals surface area (Å²) in [6, 6.07) is 1.62. The van der Waals surface area contributed by atoms with Gasteiger partial charge in [-0.05, 0) is 6.92 Å². The fourth-order valence-corrected chi connectivity index (χ4v) is 2.25. The number of aryl methyl sites for hydroxylation is 1. The Morgan fingerprint density at radius 3 is 2.75 bits per heavy atom. The van der Waals surface area contributed by atoms with Crippen LogP contribution >= 0.6 is 22.9 Å². The Balaban J connectivity index is 2.49. The number of aliphatic hydroxyl groups excluding tert-OH is 1. The van der Waals surface area contributed by atoms with Gasteiger partial charge in [-0.1, -0.05) is 11.6 Å². The van der Waals surface area contributed by atoms with Crippen molar-refractivity contribution in [2.24, 2.45) is 0 Å². The number of nitrogens with zero attached hydrogens (tertiary/aromatic N) is 3. The van der Waals surface area contributed by atoms with Crippen molar-refractivity contribution in [1.29, 1.82) is 0 Å². The molecule has 16 heavy (non-hydrogen) atoms. The summed E-state index contributed by atoms with van der Waals surface area (Å²) < 4.78 is 0. The molecule has 5 nitrogen and oxygen atoms in total. The molecule has 0 unspecified atom stereocenters. The SMILES string of the molecule is Cc1nc(Cl)cc(-c2nc(N)c(CO)s2)n1. The maximum atomic E-state index is 9.02. The number of halogens is 1. The molecule has 2 heterocycles. The fraction of sp³-hybridized carbons (Fsp3) is 0.222. The summed E-state index contributed by atoms with van der Waals surface area (Å²) >= 11 is 7.12. The lowest BCUT2D eigenvalue weighted by Crippen LogP contribution is -1.92. The number of nitrogen functional groups attached to an aromatic ring is 1. The summed E-state index contributed by atoms with van der Waals surface area (Å²) in [5, 5.41) is 10.0. The Hall–Kier alpha value is -1.24. The van der Waals surface area contributed by atoms with Crippen LogP contribution in [-0.2, 0) is 6.61 Å². The molecular weight excluding hydrogens is 248 g/mol. The first-order valence-electron chi connectivity index (χ1n) is 4.47. The first-order valence-corrected chi connectivity index (χ1v) is 5.67. The standard InChI is InChI=1S/C9H9ClN4OS/c1-4-12-5(2-7(10)13-4)9-14-8(11)6(3-15)16-9/h2,15H,3,11H2,1H3. The Morgan fingerprint density at radius 2 is 2.19 bits per heavy atom. The predicted octanol–water partition coefficient (Wildman–Crippen LogP) is 1.64. The van der Waals surface area contributed by atoms with Gasteiger partial charge in [-0.15, -0.1) is 11.3 Å². The molecule has 0 aliphatic rings. The molecule has 0 radical (unpaired) electrons. The van der Waals surface area contributed by atoms with E-state index in [1.54, 1.807) is 13.0 Å². The van der Waals surface area contributed by atoms with E-state index in [9.17, 15) is 0 Å². The van der Waals surface area contributed by atoms with Gasteiger partial charge >= 0.3 is 0 Å². The Bertz CT molecular complexity index is 508. The van der Waals surface area contributed by atoms with Crippen LogP contribution in [0.25, 0.3) is 10.7 Å². The molecule has 0 aromatic carbocycles. The van der Waals surface area contributed by atoms with Gasteiger partial charge < -0.3 is 10.8 Å². The summed E-state index contributed by atoms with van der Waals surface area (Å²) in [7, 11) is 0. The van der Waals surface area contributed by atoms with Gasteiger partial charge in [0.25, 0.3) is 0 Å². The average Bonchev–Trinajstić information content (AvgIpc) is 2.58. The van der Waals surface area contributed by atoms with Crippen LogP contribution in [0, 0.1) is 6.92 Å². The van der Waals surface area contributed by atoms with Crippen LogP contribution in [0.3, 0.4) is 0 Å². The van der Waals surface area contributed by atoms with Gasteiger partial charge in [0.05, 0.1) is 11.5 Å². The third-order valence-electron chi connectivity index (χ3n) is 1.90. The monoisotopic (exact) mass is 256 g/mol. The van der Waals surface area contributed by atoms with Crippen molar-refractivity contribution in [3.8, 4) is 10.7 Å². The summed E-state index contributed by atoms with van der Waals surface area (Å²) in [5.74, 6) is 0.900. The van der Waals surface area contributed by atoms with Crippen LogP contribution in [0.1, 0.15) is 10.7 Å². The molecular formula is C9H9ClN4OS. The lowest BCUT2D eigenvalue weighted by Gasteiger charge is -1.97. The van der Waals surface area contributed by atoms with Gasteiger partial charge in [-0.3, -0.25) is 0 Å². The summed E-state index contributed by atoms with van der Waals surface area (Å²) in [4.78, 5) is 12.9. The zero-order valence-electron chi connectivity index (χ0n) is 8.44. The van der Waals surface area contributed by atoms with E-state index < -0.39 is 0 Å². The second-order valence-electron chi connectivity index (χ2n) is 3.11. The first-order chi connectivity index (χ1) is 7.60. The van der Waals surface area contributed by atoms with Crippen molar-refractivity contribution in [2.75, 3.05) is 5.73 Å². The van der Waals surface area contributed by atoms with Crippen molar-refractivity contribution >= 4 is 28.8 Å². The maximum Gasteiger partial charge on any atom is 0.144 e. The Morgan fingerprint density at radius 1 is 1.44 bits per heavy atom. The van der Waals surface area contributed by atoms with Gasteiger partial charge in [0.15, 0.2) is 0 Å². The molecule has 2 rings (SSSR count). The summed E-state index contributed by atoms with van der Waals surface area (Å²) in [6.45, 7) is 1.63. The second-order valence-corrected chi connectivity index (χ2v) is 4.58. The van der Waals surface area contributed by atoms with E-state index in [0.717, 1.165) is 0 Å². The number of thiazole rings is 1. The number of nitrogens with two attached hydrogens (primary N) is 1. The molecule has 0 atom stereocenters. The minimum atomic E-state index is -0.124. The molecule has 0 bridgehead atoms. The predicted molar refractivity (Wildman–Crippen MR) is 63.2 cm³/mol. The molecule has 3 N–H and O–H groups in total. The van der Waals surface area contributed by atoms with Crippen molar-refractivity contribution in [3.05, 3.63) is 21.9 Å². The normalized spacial score (nSPS) is 10.7. The van der Waals surface area contributed by atoms with Crippen molar-refractivity contribution in [1.82, 2.24) is 15.0 Å². The maximum absolute atomic E-state index is 9.02. The van der Waals surface area contributed by atoms with E-state index in [1.807, 2.05) is 0 Å². The summed E-state index contributed by atoms with van der Waals surface area (Å²) in [6.07, 6.45) is 0. The number of aliphatic hydroxyl groups is 1. The zero-order valence-corrected chi connectivity index (χ0v) is 10.0. The number of hydrogen-bond acceptors (Lipinski definition) is 6. The fourth-order valence-electron chi connectivity index (χ4n) is 1.23. The molecule has 0 spiro atoms. The second kappa shape index (κ2) is 4.32. The number of hydrogen-bond donors (Lipinski definition) is 2. The van der Waals surface area contributed by atoms with Gasteiger partial charge in [-0.2, -0.15) is 0 Å². The molecule has 0 fully saturated rings. The van der Waals surface area contributed by atoms with E-state index in [1.165, 1.54) is 11.3 Å². The quantitative estimate of drug-likeness (QED) is 0.798. The van der Waals surface area contributed by atoms with E-state index in [4.69, 9.17) is 22.4 Å². The molecule has 7 heteroatoms. The van der Waals surface area contributed by atoms with Crippen molar-refractivity contribution < 1.29 is 5.11 Å². The largest absolute Gasteiger partial charge is 0.391 e. The molecule has 0 saturated carbocycles. The average molecular weight is 257 g/mol. The van der Waals surface area contributed by atoms with Crippen LogP contribution in [0.15, 0.2) is 6.07 Å². The third-order valence-corrected chi connectivity index (χ3v) is 3.17. The minimum absolute atomic E-state index is 0.124. The third kappa shape index (κ3) is 2.13. The molecule has 2 aromatic rings. The van der Waals surface area contributed by atoms with Crippen LogP contribution < -0.4 is 5.73 Å². The van der Waals surface area contributed by atoms with Crippen LogP contribution in [0.4, 0.5) is 5.82 Å². The first kappa shape index (κ1) is 11.3. The Kier molecular flexibility index (Phi) is 3.04. The topological polar surface area (TPSA) is 84.9 Å². The van der Waals surface area contributed by atoms with E-state index in [0.29, 0.717) is 32.4 Å². The zero-order chi connectivity index (χ0) is 11.7. The van der Waals surface area contributed by atoms with Crippen LogP contribution in [-0.4, -0.2) is 20.1 Å². The van der Waals surface area contributed by atoms with Gasteiger partial charge in [0, 0.05) is 6.07 Å². The number of rotatable bonds is 2. The van der Waals surface area contributed by atoms with E-state index in [-0.39, 0.29) is 6.61 Å². The highest BCUT2D eigenvalue weighted by molar-refractivity contribution is 7.15. The van der Waals surface area contributed by atoms with Crippen molar-refractivity contribution in [3.63, 3.8) is 0 Å². The highest BCUT2D eigenvalue weighted by Gasteiger charge is 2.11. The lowest BCUT2D eigenvalue weighted by molar-refractivity contribution is 0.286. The van der Waals surface area contributed by atoms with Gasteiger partial charge in [-0.25, -0.2) is 15.0 Å². The summed E-state index contributed by atoms with van der Waals surface area (Å²) in [5.41, 5.74) is 6.25.